The Kier molecular flexibility index (Phi) is 19.6. The van der Waals surface area contributed by atoms with Gasteiger partial charge in [-0.25, -0.2) is 4.79 Å². The number of imide groups is 1. The minimum absolute atomic E-state index is 0.112. The number of urea groups is 1. The van der Waals surface area contributed by atoms with Crippen molar-refractivity contribution in [2.45, 2.75) is 96.7 Å². The van der Waals surface area contributed by atoms with Crippen molar-refractivity contribution in [1.82, 2.24) is 36.8 Å². The van der Waals surface area contributed by atoms with E-state index in [1.165, 1.54) is 31.8 Å². The number of rotatable bonds is 24. The van der Waals surface area contributed by atoms with Crippen molar-refractivity contribution >= 4 is 60.9 Å². The molecule has 0 bridgehead atoms. The smallest absolute Gasteiger partial charge is 0.312 e. The Morgan fingerprint density at radius 2 is 1.35 bits per heavy atom. The van der Waals surface area contributed by atoms with Gasteiger partial charge in [-0.2, -0.15) is 0 Å². The Labute approximate surface area is 287 Å². The third kappa shape index (κ3) is 17.8. The predicted molar refractivity (Wildman–Crippen MR) is 181 cm³/mol. The van der Waals surface area contributed by atoms with Crippen LogP contribution in [0.3, 0.4) is 0 Å². The van der Waals surface area contributed by atoms with E-state index in [0.717, 1.165) is 0 Å². The summed E-state index contributed by atoms with van der Waals surface area (Å²) in [4.78, 5) is 110. The zero-order valence-corrected chi connectivity index (χ0v) is 28.9. The molecule has 0 spiro atoms. The average molecular weight is 691 g/mol. The fourth-order valence-electron chi connectivity index (χ4n) is 4.86. The highest BCUT2D eigenvalue weighted by Gasteiger charge is 2.31. The van der Waals surface area contributed by atoms with Crippen LogP contribution < -0.4 is 37.6 Å². The van der Waals surface area contributed by atoms with Gasteiger partial charge >= 0.3 is 6.03 Å². The van der Waals surface area contributed by atoms with Gasteiger partial charge in [-0.05, 0) is 50.9 Å². The van der Waals surface area contributed by atoms with E-state index in [1.807, 2.05) is 0 Å². The number of nitrogens with one attached hydrogen (secondary N) is 6. The molecule has 0 radical (unpaired) electrons. The molecule has 0 fully saturated rings. The second-order valence-corrected chi connectivity index (χ2v) is 12.2. The summed E-state index contributed by atoms with van der Waals surface area (Å²) in [5, 5.41) is 15.6. The fourth-order valence-corrected chi connectivity index (χ4v) is 4.86. The first-order valence-electron chi connectivity index (χ1n) is 16.6. The molecule has 0 aromatic heterocycles. The Bertz CT molecular complexity index is 1230. The first-order valence-corrected chi connectivity index (χ1v) is 16.6. The summed E-state index contributed by atoms with van der Waals surface area (Å²) in [6.45, 7) is 5.26. The number of nitrogens with two attached hydrogens (primary N) is 1. The zero-order chi connectivity index (χ0) is 36.9. The van der Waals surface area contributed by atoms with Crippen LogP contribution in [-0.2, 0) is 38.4 Å². The lowest BCUT2D eigenvalue weighted by atomic mass is 10.0. The number of primary amides is 1. The Balaban J connectivity index is 2.61. The molecule has 0 saturated heterocycles. The second kappa shape index (κ2) is 22.7. The van der Waals surface area contributed by atoms with Crippen molar-refractivity contribution in [3.8, 4) is 0 Å². The van der Waals surface area contributed by atoms with Crippen molar-refractivity contribution in [1.29, 1.82) is 0 Å². The first kappa shape index (κ1) is 42.3. The van der Waals surface area contributed by atoms with Gasteiger partial charge in [0.2, 0.25) is 29.5 Å². The highest BCUT2D eigenvalue weighted by molar-refractivity contribution is 6.58. The lowest BCUT2D eigenvalue weighted by molar-refractivity contribution is -0.137. The molecule has 3 atom stereocenters. The van der Waals surface area contributed by atoms with E-state index in [0.29, 0.717) is 51.6 Å². The normalized spacial score (nSPS) is 14.1. The first-order chi connectivity index (χ1) is 23.1. The minimum atomic E-state index is -1.07. The molecule has 9 amide bonds. The van der Waals surface area contributed by atoms with E-state index >= 15 is 0 Å². The standard InChI is InChI=1S/C31H51BN8O9/c1-19(2)27(30(48)38-21(11-9-16-35-31(33)49)28(46)36-18-23(32)42)39-29(47)22(37-20(3)41)10-6-7-15-34-24(43)12-5-4-8-17-40-25(44)13-14-26(40)45/h13-14,19,21-22,27H,4-12,15-18,32H2,1-3H3,(H,34,43)(H,36,46)(H,37,41)(H,38,48)(H,39,47)(H3,33,35,49)/t21-,22-,27?/m0/s1. The fraction of sp³-hybridized carbons (Fsp3) is 0.645. The van der Waals surface area contributed by atoms with Gasteiger partial charge in [0.05, 0.1) is 6.54 Å². The third-order valence-electron chi connectivity index (χ3n) is 7.48. The maximum atomic E-state index is 13.3. The molecule has 0 aromatic carbocycles. The summed E-state index contributed by atoms with van der Waals surface area (Å²) in [6, 6.07) is -3.83. The molecule has 18 heteroatoms. The summed E-state index contributed by atoms with van der Waals surface area (Å²) in [6.07, 6.45) is 6.27. The van der Waals surface area contributed by atoms with Crippen molar-refractivity contribution in [3.63, 3.8) is 0 Å². The van der Waals surface area contributed by atoms with Gasteiger partial charge in [0.25, 0.3) is 11.8 Å². The molecule has 8 N–H and O–H groups in total. The molecule has 0 saturated carbocycles. The molecule has 1 aliphatic rings. The van der Waals surface area contributed by atoms with Crippen LogP contribution in [-0.4, -0.2) is 110 Å². The molecule has 0 aliphatic carbocycles. The Morgan fingerprint density at radius 3 is 1.94 bits per heavy atom. The third-order valence-corrected chi connectivity index (χ3v) is 7.48. The number of amides is 9. The monoisotopic (exact) mass is 690 g/mol. The summed E-state index contributed by atoms with van der Waals surface area (Å²) in [5.74, 6) is -3.49. The summed E-state index contributed by atoms with van der Waals surface area (Å²) in [5.41, 5.74) is 4.78. The number of carbonyl (C=O) groups excluding carboxylic acids is 9. The van der Waals surface area contributed by atoms with Crippen LogP contribution in [0.2, 0.25) is 0 Å². The van der Waals surface area contributed by atoms with Crippen molar-refractivity contribution in [3.05, 3.63) is 12.2 Å². The second-order valence-electron chi connectivity index (χ2n) is 12.2. The Morgan fingerprint density at radius 1 is 0.735 bits per heavy atom. The summed E-state index contributed by atoms with van der Waals surface area (Å²) in [7, 11) is 1.30. The maximum Gasteiger partial charge on any atom is 0.312 e. The number of hydrogen-bond acceptors (Lipinski definition) is 9. The highest BCUT2D eigenvalue weighted by atomic mass is 16.2. The number of hydrogen-bond donors (Lipinski definition) is 7. The lowest BCUT2D eigenvalue weighted by Crippen LogP contribution is -2.58. The van der Waals surface area contributed by atoms with E-state index in [-0.39, 0.29) is 55.8 Å². The van der Waals surface area contributed by atoms with Gasteiger partial charge in [-0.1, -0.05) is 20.3 Å². The SMILES string of the molecule is BC(=O)CNC(=O)[C@H](CCCNC(N)=O)NC(=O)C(NC(=O)[C@H](CCCCNC(=O)CCCCCN1C(=O)C=CC1=O)NC(C)=O)C(C)C. The van der Waals surface area contributed by atoms with E-state index in [2.05, 4.69) is 31.9 Å². The highest BCUT2D eigenvalue weighted by Crippen LogP contribution is 2.09. The molecule has 17 nitrogen and oxygen atoms in total. The van der Waals surface area contributed by atoms with Crippen LogP contribution in [0.1, 0.15) is 78.6 Å². The molecule has 49 heavy (non-hydrogen) atoms. The summed E-state index contributed by atoms with van der Waals surface area (Å²) < 4.78 is 0. The van der Waals surface area contributed by atoms with E-state index in [4.69, 9.17) is 5.73 Å². The average Bonchev–Trinajstić information content (AvgIpc) is 3.34. The van der Waals surface area contributed by atoms with E-state index in [9.17, 15) is 43.2 Å². The van der Waals surface area contributed by atoms with Gasteiger partial charge in [0.15, 0.2) is 7.85 Å². The quantitative estimate of drug-likeness (QED) is 0.0324. The van der Waals surface area contributed by atoms with E-state index in [1.54, 1.807) is 13.8 Å². The molecule has 1 heterocycles. The molecule has 0 aromatic rings. The van der Waals surface area contributed by atoms with Crippen molar-refractivity contribution in [2.75, 3.05) is 26.2 Å². The number of unbranched alkanes of at least 4 members (excludes halogenated alkanes) is 3. The molecule has 1 aliphatic heterocycles. The van der Waals surface area contributed by atoms with Crippen LogP contribution in [0, 0.1) is 5.92 Å². The summed E-state index contributed by atoms with van der Waals surface area (Å²) >= 11 is 0. The molecular formula is C31H51BN8O9. The van der Waals surface area contributed by atoms with Crippen LogP contribution in [0.4, 0.5) is 4.79 Å². The van der Waals surface area contributed by atoms with Crippen LogP contribution in [0.5, 0.6) is 0 Å². The van der Waals surface area contributed by atoms with Crippen molar-refractivity contribution in [2.24, 2.45) is 11.7 Å². The van der Waals surface area contributed by atoms with Crippen LogP contribution in [0.25, 0.3) is 0 Å². The molecule has 1 rings (SSSR count). The minimum Gasteiger partial charge on any atom is -0.356 e. The van der Waals surface area contributed by atoms with Gasteiger partial charge in [-0.3, -0.25) is 38.5 Å². The lowest BCUT2D eigenvalue weighted by Gasteiger charge is -2.27. The van der Waals surface area contributed by atoms with Crippen LogP contribution >= 0.6 is 0 Å². The Hall–Kier alpha value is -4.77. The largest absolute Gasteiger partial charge is 0.356 e. The van der Waals surface area contributed by atoms with Gasteiger partial charge in [0, 0.05) is 45.1 Å². The van der Waals surface area contributed by atoms with E-state index < -0.39 is 53.7 Å². The molecular weight excluding hydrogens is 639 g/mol. The molecule has 272 valence electrons. The molecule has 1 unspecified atom stereocenters. The van der Waals surface area contributed by atoms with Crippen molar-refractivity contribution < 1.29 is 43.2 Å². The maximum absolute atomic E-state index is 13.3. The van der Waals surface area contributed by atoms with Gasteiger partial charge in [-0.15, -0.1) is 0 Å². The zero-order valence-electron chi connectivity index (χ0n) is 28.9. The van der Waals surface area contributed by atoms with Gasteiger partial charge in [0.1, 0.15) is 23.8 Å². The number of nitrogens with zero attached hydrogens (tertiary/aromatic N) is 1. The number of carbonyl (C=O) groups is 9. The topological polar surface area (TPSA) is 255 Å². The van der Waals surface area contributed by atoms with Crippen LogP contribution in [0.15, 0.2) is 12.2 Å². The van der Waals surface area contributed by atoms with Gasteiger partial charge < -0.3 is 42.4 Å². The predicted octanol–water partition coefficient (Wildman–Crippen LogP) is -2.39.